The molecule has 7 heteroatoms. The number of benzene rings is 1. The van der Waals surface area contributed by atoms with Crippen LogP contribution in [0.15, 0.2) is 23.1 Å². The van der Waals surface area contributed by atoms with Gasteiger partial charge in [0.05, 0.1) is 12.7 Å². The van der Waals surface area contributed by atoms with Crippen LogP contribution < -0.4 is 9.46 Å². The summed E-state index contributed by atoms with van der Waals surface area (Å²) >= 11 is 1.37. The van der Waals surface area contributed by atoms with Gasteiger partial charge in [-0.1, -0.05) is 6.07 Å². The molecule has 0 radical (unpaired) electrons. The molecule has 1 aliphatic rings. The molecular formula is C17H18N2O3S2. The normalized spacial score (nSPS) is 13.9. The Morgan fingerprint density at radius 3 is 2.75 bits per heavy atom. The molecular weight excluding hydrogens is 344 g/mol. The van der Waals surface area contributed by atoms with Crippen LogP contribution in [0.4, 0.5) is 5.00 Å². The summed E-state index contributed by atoms with van der Waals surface area (Å²) in [6.45, 7) is 1.82. The van der Waals surface area contributed by atoms with Gasteiger partial charge in [0.15, 0.2) is 0 Å². The van der Waals surface area contributed by atoms with E-state index < -0.39 is 10.0 Å². The fraction of sp³-hybridized carbons (Fsp3) is 0.353. The van der Waals surface area contributed by atoms with Crippen LogP contribution in [0, 0.1) is 18.3 Å². The molecule has 0 bridgehead atoms. The highest BCUT2D eigenvalue weighted by Gasteiger charge is 2.26. The first-order valence-corrected chi connectivity index (χ1v) is 9.98. The molecule has 0 fully saturated rings. The third-order valence-electron chi connectivity index (χ3n) is 4.12. The van der Waals surface area contributed by atoms with Crippen LogP contribution >= 0.6 is 11.3 Å². The number of anilines is 1. The lowest BCUT2D eigenvalue weighted by Gasteiger charge is -2.11. The van der Waals surface area contributed by atoms with E-state index in [9.17, 15) is 13.7 Å². The van der Waals surface area contributed by atoms with E-state index in [-0.39, 0.29) is 10.6 Å². The van der Waals surface area contributed by atoms with Crippen LogP contribution in [-0.2, 0) is 22.9 Å². The Balaban J connectivity index is 2.04. The molecule has 1 aromatic carbocycles. The molecule has 2 aromatic rings. The van der Waals surface area contributed by atoms with E-state index in [0.29, 0.717) is 10.6 Å². The molecule has 5 nitrogen and oxygen atoms in total. The van der Waals surface area contributed by atoms with Crippen LogP contribution in [0.2, 0.25) is 0 Å². The lowest BCUT2D eigenvalue weighted by molar-refractivity contribution is 0.402. The average Bonchev–Trinajstić information content (AvgIpc) is 2.91. The minimum Gasteiger partial charge on any atom is -0.495 e. The van der Waals surface area contributed by atoms with Crippen LogP contribution in [0.5, 0.6) is 5.75 Å². The Bertz CT molecular complexity index is 924. The number of aryl methyl sites for hydroxylation is 2. The molecule has 3 rings (SSSR count). The molecule has 1 N–H and O–H groups in total. The number of hydrogen-bond donors (Lipinski definition) is 1. The molecule has 1 aliphatic carbocycles. The maximum atomic E-state index is 12.8. The number of methoxy groups -OCH3 is 1. The van der Waals surface area contributed by atoms with E-state index in [2.05, 4.69) is 10.8 Å². The zero-order chi connectivity index (χ0) is 17.3. The van der Waals surface area contributed by atoms with Gasteiger partial charge in [-0.3, -0.25) is 4.72 Å². The number of nitrogens with zero attached hydrogens (tertiary/aromatic N) is 1. The van der Waals surface area contributed by atoms with E-state index in [0.717, 1.165) is 41.7 Å². The monoisotopic (exact) mass is 362 g/mol. The van der Waals surface area contributed by atoms with Crippen molar-refractivity contribution in [1.29, 1.82) is 5.26 Å². The summed E-state index contributed by atoms with van der Waals surface area (Å²) in [7, 11) is -2.39. The Hall–Kier alpha value is -2.04. The van der Waals surface area contributed by atoms with Crippen molar-refractivity contribution < 1.29 is 13.2 Å². The van der Waals surface area contributed by atoms with Gasteiger partial charge in [-0.05, 0) is 55.9 Å². The Labute approximate surface area is 145 Å². The van der Waals surface area contributed by atoms with Crippen LogP contribution in [0.25, 0.3) is 0 Å². The number of nitriles is 1. The molecule has 0 amide bonds. The van der Waals surface area contributed by atoms with Gasteiger partial charge >= 0.3 is 0 Å². The Morgan fingerprint density at radius 2 is 2.04 bits per heavy atom. The third kappa shape index (κ3) is 2.99. The standard InChI is InChI=1S/C17H18N2O3S2/c1-11-7-8-14(22-2)16(9-11)24(20,21)19-17-13(10-18)12-5-3-4-6-15(12)23-17/h7-9,19H,3-6H2,1-2H3. The largest absolute Gasteiger partial charge is 0.495 e. The average molecular weight is 362 g/mol. The van der Waals surface area contributed by atoms with Crippen molar-refractivity contribution in [3.05, 3.63) is 39.8 Å². The van der Waals surface area contributed by atoms with E-state index in [4.69, 9.17) is 4.74 Å². The van der Waals surface area contributed by atoms with Gasteiger partial charge in [0.2, 0.25) is 0 Å². The predicted octanol–water partition coefficient (Wildman–Crippen LogP) is 3.62. The van der Waals surface area contributed by atoms with Gasteiger partial charge in [-0.25, -0.2) is 8.42 Å². The van der Waals surface area contributed by atoms with E-state index in [1.165, 1.54) is 18.4 Å². The van der Waals surface area contributed by atoms with E-state index in [1.54, 1.807) is 18.2 Å². The lowest BCUT2D eigenvalue weighted by Crippen LogP contribution is -2.14. The highest BCUT2D eigenvalue weighted by atomic mass is 32.2. The van der Waals surface area contributed by atoms with Crippen molar-refractivity contribution in [2.75, 3.05) is 11.8 Å². The van der Waals surface area contributed by atoms with Crippen LogP contribution in [0.3, 0.4) is 0 Å². The highest BCUT2D eigenvalue weighted by molar-refractivity contribution is 7.93. The molecule has 0 saturated heterocycles. The zero-order valence-corrected chi connectivity index (χ0v) is 15.2. The smallest absolute Gasteiger partial charge is 0.266 e. The van der Waals surface area contributed by atoms with Crippen molar-refractivity contribution >= 4 is 26.4 Å². The molecule has 0 unspecified atom stereocenters. The number of fused-ring (bicyclic) bond motifs is 1. The molecule has 126 valence electrons. The van der Waals surface area contributed by atoms with Gasteiger partial charge in [-0.2, -0.15) is 5.26 Å². The first-order valence-electron chi connectivity index (χ1n) is 7.68. The Morgan fingerprint density at radius 1 is 1.29 bits per heavy atom. The quantitative estimate of drug-likeness (QED) is 0.901. The SMILES string of the molecule is COc1ccc(C)cc1S(=O)(=O)Nc1sc2c(c1C#N)CCCC2. The third-order valence-corrected chi connectivity index (χ3v) is 6.83. The van der Waals surface area contributed by atoms with Gasteiger partial charge in [0.1, 0.15) is 21.7 Å². The van der Waals surface area contributed by atoms with Crippen LogP contribution in [-0.4, -0.2) is 15.5 Å². The van der Waals surface area contributed by atoms with Gasteiger partial charge < -0.3 is 4.74 Å². The molecule has 1 heterocycles. The summed E-state index contributed by atoms with van der Waals surface area (Å²) < 4.78 is 33.4. The maximum Gasteiger partial charge on any atom is 0.266 e. The van der Waals surface area contributed by atoms with E-state index in [1.807, 2.05) is 6.92 Å². The minimum absolute atomic E-state index is 0.0836. The predicted molar refractivity (Wildman–Crippen MR) is 94.2 cm³/mol. The first-order chi connectivity index (χ1) is 11.5. The minimum atomic E-state index is -3.83. The summed E-state index contributed by atoms with van der Waals surface area (Å²) in [5.74, 6) is 0.285. The number of ether oxygens (including phenoxy) is 1. The van der Waals surface area contributed by atoms with Crippen molar-refractivity contribution in [1.82, 2.24) is 0 Å². The maximum absolute atomic E-state index is 12.8. The molecule has 0 spiro atoms. The second-order valence-electron chi connectivity index (χ2n) is 5.79. The summed E-state index contributed by atoms with van der Waals surface area (Å²) in [4.78, 5) is 1.20. The summed E-state index contributed by atoms with van der Waals surface area (Å²) in [6, 6.07) is 7.17. The number of hydrogen-bond acceptors (Lipinski definition) is 5. The highest BCUT2D eigenvalue weighted by Crippen LogP contribution is 2.39. The summed E-state index contributed by atoms with van der Waals surface area (Å²) in [5.41, 5.74) is 2.29. The van der Waals surface area contributed by atoms with Gasteiger partial charge in [-0.15, -0.1) is 11.3 Å². The first kappa shape index (κ1) is 16.8. The van der Waals surface area contributed by atoms with Gasteiger partial charge in [0.25, 0.3) is 10.0 Å². The second-order valence-corrected chi connectivity index (χ2v) is 8.54. The fourth-order valence-corrected chi connectivity index (χ4v) is 5.73. The number of thiophene rings is 1. The van der Waals surface area contributed by atoms with E-state index >= 15 is 0 Å². The van der Waals surface area contributed by atoms with Crippen molar-refractivity contribution in [2.45, 2.75) is 37.5 Å². The van der Waals surface area contributed by atoms with Crippen LogP contribution in [0.1, 0.15) is 34.4 Å². The van der Waals surface area contributed by atoms with Crippen molar-refractivity contribution in [3.8, 4) is 11.8 Å². The molecule has 0 saturated carbocycles. The molecule has 0 aliphatic heterocycles. The Kier molecular flexibility index (Phi) is 4.52. The van der Waals surface area contributed by atoms with Gasteiger partial charge in [0, 0.05) is 4.88 Å². The topological polar surface area (TPSA) is 79.2 Å². The number of rotatable bonds is 4. The molecule has 24 heavy (non-hydrogen) atoms. The second kappa shape index (κ2) is 6.46. The summed E-state index contributed by atoms with van der Waals surface area (Å²) in [6.07, 6.45) is 3.86. The fourth-order valence-electron chi connectivity index (χ4n) is 2.93. The lowest BCUT2D eigenvalue weighted by atomic mass is 9.96. The van der Waals surface area contributed by atoms with Crippen molar-refractivity contribution in [3.63, 3.8) is 0 Å². The van der Waals surface area contributed by atoms with Crippen molar-refractivity contribution in [2.24, 2.45) is 0 Å². The summed E-state index contributed by atoms with van der Waals surface area (Å²) in [5, 5.41) is 9.88. The number of sulfonamides is 1. The zero-order valence-electron chi connectivity index (χ0n) is 13.5. The molecule has 1 aromatic heterocycles. The molecule has 0 atom stereocenters. The number of nitrogens with one attached hydrogen (secondary N) is 1.